The fraction of sp³-hybridized carbons (Fsp3) is 0.300. The van der Waals surface area contributed by atoms with Gasteiger partial charge in [0.05, 0.1) is 19.1 Å². The van der Waals surface area contributed by atoms with E-state index >= 15 is 0 Å². The van der Waals surface area contributed by atoms with Crippen LogP contribution in [0.25, 0.3) is 0 Å². The molecule has 4 N–H and O–H groups in total. The number of carbonyl (C=O) groups is 2. The molecule has 194 valence electrons. The molecule has 0 bridgehead atoms. The van der Waals surface area contributed by atoms with Crippen LogP contribution in [0.2, 0.25) is 0 Å². The summed E-state index contributed by atoms with van der Waals surface area (Å²) < 4.78 is 11.0. The molecule has 0 aromatic heterocycles. The van der Waals surface area contributed by atoms with Crippen LogP contribution in [0, 0.1) is 5.41 Å². The molecular formula is C30H35N3O4. The van der Waals surface area contributed by atoms with E-state index in [1.54, 1.807) is 6.92 Å². The van der Waals surface area contributed by atoms with Gasteiger partial charge in [0.25, 0.3) is 0 Å². The summed E-state index contributed by atoms with van der Waals surface area (Å²) in [6.07, 6.45) is 2.83. The van der Waals surface area contributed by atoms with Crippen LogP contribution in [0.5, 0.6) is 5.75 Å². The van der Waals surface area contributed by atoms with Gasteiger partial charge in [0.15, 0.2) is 0 Å². The molecular weight excluding hydrogens is 466 g/mol. The number of amides is 1. The largest absolute Gasteiger partial charge is 0.489 e. The van der Waals surface area contributed by atoms with Gasteiger partial charge in [-0.1, -0.05) is 66.7 Å². The van der Waals surface area contributed by atoms with Gasteiger partial charge in [-0.25, -0.2) is 0 Å². The summed E-state index contributed by atoms with van der Waals surface area (Å²) in [5.41, 5.74) is 9.23. The van der Waals surface area contributed by atoms with Crippen molar-refractivity contribution >= 4 is 17.7 Å². The van der Waals surface area contributed by atoms with Crippen LogP contribution in [0.4, 0.5) is 0 Å². The van der Waals surface area contributed by atoms with Gasteiger partial charge in [-0.2, -0.15) is 0 Å². The summed E-state index contributed by atoms with van der Waals surface area (Å²) in [5.74, 6) is 0.303. The third-order valence-corrected chi connectivity index (χ3v) is 5.93. The number of rotatable bonds is 14. The minimum atomic E-state index is -0.478. The highest BCUT2D eigenvalue weighted by molar-refractivity contribution is 5.94. The van der Waals surface area contributed by atoms with Crippen LogP contribution in [-0.2, 0) is 27.4 Å². The molecule has 0 aliphatic heterocycles. The second-order valence-corrected chi connectivity index (χ2v) is 8.79. The van der Waals surface area contributed by atoms with E-state index in [4.69, 9.17) is 20.6 Å². The highest BCUT2D eigenvalue weighted by atomic mass is 16.5. The van der Waals surface area contributed by atoms with Gasteiger partial charge < -0.3 is 20.5 Å². The summed E-state index contributed by atoms with van der Waals surface area (Å²) in [7, 11) is 0. The number of aryl methyl sites for hydroxylation is 1. The monoisotopic (exact) mass is 501 g/mol. The van der Waals surface area contributed by atoms with Crippen molar-refractivity contribution in [3.05, 3.63) is 101 Å². The average molecular weight is 502 g/mol. The molecule has 1 atom stereocenters. The van der Waals surface area contributed by atoms with Gasteiger partial charge in [0.1, 0.15) is 18.2 Å². The van der Waals surface area contributed by atoms with Crippen molar-refractivity contribution in [1.82, 2.24) is 5.32 Å². The van der Waals surface area contributed by atoms with Crippen LogP contribution in [0.15, 0.2) is 78.9 Å². The number of amidine groups is 1. The Balaban J connectivity index is 1.52. The quantitative estimate of drug-likeness (QED) is 0.123. The standard InChI is InChI=1S/C30H35N3O4/c1-2-36-29(35)20-27(24-16-18-26(19-17-24)37-21-23-9-4-3-5-10-23)33-28(34)11-7-6-8-22-12-14-25(15-13-22)30(31)32/h3-5,9-10,12-19,27H,2,6-8,11,20-21H2,1H3,(H3,31,32)(H,33,34). The zero-order chi connectivity index (χ0) is 26.5. The summed E-state index contributed by atoms with van der Waals surface area (Å²) in [6.45, 7) is 2.52. The van der Waals surface area contributed by atoms with Crippen molar-refractivity contribution in [3.63, 3.8) is 0 Å². The van der Waals surface area contributed by atoms with E-state index in [0.717, 1.165) is 36.0 Å². The number of nitrogen functional groups attached to an aromatic ring is 1. The van der Waals surface area contributed by atoms with E-state index in [0.29, 0.717) is 30.9 Å². The van der Waals surface area contributed by atoms with E-state index < -0.39 is 6.04 Å². The fourth-order valence-electron chi connectivity index (χ4n) is 3.91. The van der Waals surface area contributed by atoms with E-state index in [2.05, 4.69) is 5.32 Å². The smallest absolute Gasteiger partial charge is 0.308 e. The maximum absolute atomic E-state index is 12.7. The normalized spacial score (nSPS) is 11.4. The summed E-state index contributed by atoms with van der Waals surface area (Å²) in [4.78, 5) is 24.9. The van der Waals surface area contributed by atoms with Crippen LogP contribution in [-0.4, -0.2) is 24.3 Å². The topological polar surface area (TPSA) is 114 Å². The Bertz CT molecular complexity index is 1150. The lowest BCUT2D eigenvalue weighted by molar-refractivity contribution is -0.143. The molecule has 0 saturated heterocycles. The molecule has 0 fully saturated rings. The van der Waals surface area contributed by atoms with Crippen LogP contribution in [0.3, 0.4) is 0 Å². The molecule has 0 aliphatic carbocycles. The lowest BCUT2D eigenvalue weighted by Gasteiger charge is -2.19. The van der Waals surface area contributed by atoms with Crippen molar-refractivity contribution < 1.29 is 19.1 Å². The van der Waals surface area contributed by atoms with Gasteiger partial charge in [-0.05, 0) is 55.0 Å². The molecule has 3 aromatic rings. The molecule has 1 unspecified atom stereocenters. The second-order valence-electron chi connectivity index (χ2n) is 8.79. The Morgan fingerprint density at radius 2 is 1.62 bits per heavy atom. The Morgan fingerprint density at radius 1 is 0.919 bits per heavy atom. The zero-order valence-electron chi connectivity index (χ0n) is 21.2. The molecule has 0 radical (unpaired) electrons. The van der Waals surface area contributed by atoms with Gasteiger partial charge >= 0.3 is 5.97 Å². The first-order chi connectivity index (χ1) is 17.9. The van der Waals surface area contributed by atoms with Gasteiger partial charge in [0, 0.05) is 12.0 Å². The Hall–Kier alpha value is -4.13. The number of nitrogens with one attached hydrogen (secondary N) is 2. The summed E-state index contributed by atoms with van der Waals surface area (Å²) >= 11 is 0. The number of nitrogens with two attached hydrogens (primary N) is 1. The fourth-order valence-corrected chi connectivity index (χ4v) is 3.91. The number of hydrogen-bond donors (Lipinski definition) is 3. The van der Waals surface area contributed by atoms with Crippen molar-refractivity contribution in [1.29, 1.82) is 5.41 Å². The predicted molar refractivity (Wildman–Crippen MR) is 144 cm³/mol. The highest BCUT2D eigenvalue weighted by Crippen LogP contribution is 2.22. The van der Waals surface area contributed by atoms with Gasteiger partial charge in [-0.15, -0.1) is 0 Å². The lowest BCUT2D eigenvalue weighted by Crippen LogP contribution is -2.30. The summed E-state index contributed by atoms with van der Waals surface area (Å²) in [6, 6.07) is 24.5. The first-order valence-corrected chi connectivity index (χ1v) is 12.6. The first-order valence-electron chi connectivity index (χ1n) is 12.6. The lowest BCUT2D eigenvalue weighted by atomic mass is 10.0. The predicted octanol–water partition coefficient (Wildman–Crippen LogP) is 5.07. The van der Waals surface area contributed by atoms with Gasteiger partial charge in [-0.3, -0.25) is 15.0 Å². The molecule has 0 saturated carbocycles. The highest BCUT2D eigenvalue weighted by Gasteiger charge is 2.19. The van der Waals surface area contributed by atoms with E-state index in [1.165, 1.54) is 0 Å². The van der Waals surface area contributed by atoms with Crippen molar-refractivity contribution in [2.45, 2.75) is 51.7 Å². The van der Waals surface area contributed by atoms with Crippen molar-refractivity contribution in [3.8, 4) is 5.75 Å². The molecule has 3 aromatic carbocycles. The summed E-state index contributed by atoms with van der Waals surface area (Å²) in [5, 5.41) is 10.5. The van der Waals surface area contributed by atoms with Crippen LogP contribution in [0.1, 0.15) is 60.9 Å². The number of ether oxygens (including phenoxy) is 2. The molecule has 1 amide bonds. The number of carbonyl (C=O) groups excluding carboxylic acids is 2. The third-order valence-electron chi connectivity index (χ3n) is 5.93. The average Bonchev–Trinajstić information content (AvgIpc) is 2.91. The Labute approximate surface area is 218 Å². The molecule has 0 heterocycles. The molecule has 3 rings (SSSR count). The SMILES string of the molecule is CCOC(=O)CC(NC(=O)CCCCc1ccc(C(=N)N)cc1)c1ccc(OCc2ccccc2)cc1. The minimum Gasteiger partial charge on any atom is -0.489 e. The zero-order valence-corrected chi connectivity index (χ0v) is 21.2. The van der Waals surface area contributed by atoms with Gasteiger partial charge in [0.2, 0.25) is 5.91 Å². The minimum absolute atomic E-state index is 0.0509. The number of benzene rings is 3. The molecule has 7 heteroatoms. The number of esters is 1. The third kappa shape index (κ3) is 9.44. The maximum atomic E-state index is 12.7. The molecule has 0 spiro atoms. The van der Waals surface area contributed by atoms with E-state index in [-0.39, 0.29) is 24.1 Å². The van der Waals surface area contributed by atoms with E-state index in [9.17, 15) is 9.59 Å². The molecule has 7 nitrogen and oxygen atoms in total. The van der Waals surface area contributed by atoms with E-state index in [1.807, 2.05) is 78.9 Å². The Morgan fingerprint density at radius 3 is 2.27 bits per heavy atom. The Kier molecular flexibility index (Phi) is 10.7. The van der Waals surface area contributed by atoms with Crippen LogP contribution < -0.4 is 15.8 Å². The number of hydrogen-bond acceptors (Lipinski definition) is 5. The number of unbranched alkanes of at least 4 members (excludes halogenated alkanes) is 1. The molecule has 0 aliphatic rings. The van der Waals surface area contributed by atoms with Crippen LogP contribution >= 0.6 is 0 Å². The first kappa shape index (κ1) is 27.5. The van der Waals surface area contributed by atoms with Crippen molar-refractivity contribution in [2.24, 2.45) is 5.73 Å². The van der Waals surface area contributed by atoms with Crippen molar-refractivity contribution in [2.75, 3.05) is 6.61 Å². The second kappa shape index (κ2) is 14.4. The molecule has 37 heavy (non-hydrogen) atoms. The maximum Gasteiger partial charge on any atom is 0.308 e.